The molecule has 4 rings (SSSR count). The topological polar surface area (TPSA) is 46.2 Å². The van der Waals surface area contributed by atoms with Gasteiger partial charge in [0.15, 0.2) is 0 Å². The zero-order valence-electron chi connectivity index (χ0n) is 14.2. The summed E-state index contributed by atoms with van der Waals surface area (Å²) in [6.07, 6.45) is 3.51. The molecule has 1 aliphatic rings. The van der Waals surface area contributed by atoms with E-state index in [1.54, 1.807) is 11.3 Å². The highest BCUT2D eigenvalue weighted by Crippen LogP contribution is 2.31. The summed E-state index contributed by atoms with van der Waals surface area (Å²) in [6.45, 7) is 3.30. The van der Waals surface area contributed by atoms with Crippen LogP contribution in [0.4, 0.5) is 0 Å². The SMILES string of the molecule is c1ccc2sc(Oc3ccc(CCNC4CCNCC4)cc3)nc2c1. The number of rotatable bonds is 6. The summed E-state index contributed by atoms with van der Waals surface area (Å²) in [5, 5.41) is 7.75. The second-order valence-electron chi connectivity index (χ2n) is 6.42. The quantitative estimate of drug-likeness (QED) is 0.704. The van der Waals surface area contributed by atoms with Gasteiger partial charge in [-0.05, 0) is 68.7 Å². The van der Waals surface area contributed by atoms with E-state index in [-0.39, 0.29) is 0 Å². The van der Waals surface area contributed by atoms with Crippen LogP contribution in [0.25, 0.3) is 10.2 Å². The number of hydrogen-bond acceptors (Lipinski definition) is 5. The summed E-state index contributed by atoms with van der Waals surface area (Å²) in [7, 11) is 0. The van der Waals surface area contributed by atoms with E-state index in [2.05, 4.69) is 33.8 Å². The fourth-order valence-corrected chi connectivity index (χ4v) is 4.00. The van der Waals surface area contributed by atoms with E-state index in [1.165, 1.54) is 18.4 Å². The van der Waals surface area contributed by atoms with Crippen molar-refractivity contribution in [1.29, 1.82) is 0 Å². The average molecular weight is 353 g/mol. The molecule has 1 fully saturated rings. The van der Waals surface area contributed by atoms with Gasteiger partial charge in [0.2, 0.25) is 0 Å². The smallest absolute Gasteiger partial charge is 0.279 e. The van der Waals surface area contributed by atoms with Gasteiger partial charge in [0.25, 0.3) is 5.19 Å². The number of ether oxygens (including phenoxy) is 1. The van der Waals surface area contributed by atoms with Crippen LogP contribution in [0.1, 0.15) is 18.4 Å². The van der Waals surface area contributed by atoms with E-state index in [9.17, 15) is 0 Å². The molecule has 5 heteroatoms. The lowest BCUT2D eigenvalue weighted by molar-refractivity contribution is 0.389. The molecule has 1 aromatic heterocycles. The van der Waals surface area contributed by atoms with Gasteiger partial charge in [0, 0.05) is 6.04 Å². The molecule has 2 aromatic carbocycles. The molecule has 4 nitrogen and oxygen atoms in total. The number of piperidine rings is 1. The van der Waals surface area contributed by atoms with Crippen LogP contribution in [0.5, 0.6) is 10.9 Å². The van der Waals surface area contributed by atoms with Crippen LogP contribution in [0, 0.1) is 0 Å². The molecule has 0 unspecified atom stereocenters. The normalized spacial score (nSPS) is 15.5. The third-order valence-electron chi connectivity index (χ3n) is 4.59. The fourth-order valence-electron chi connectivity index (χ4n) is 3.17. The minimum Gasteiger partial charge on any atom is -0.431 e. The van der Waals surface area contributed by atoms with Gasteiger partial charge in [-0.3, -0.25) is 0 Å². The average Bonchev–Trinajstić information content (AvgIpc) is 3.06. The number of benzene rings is 2. The van der Waals surface area contributed by atoms with Crippen molar-refractivity contribution in [2.45, 2.75) is 25.3 Å². The van der Waals surface area contributed by atoms with Crippen molar-refractivity contribution in [3.05, 3.63) is 54.1 Å². The number of aromatic nitrogens is 1. The lowest BCUT2D eigenvalue weighted by Gasteiger charge is -2.23. The predicted octanol–water partition coefficient (Wildman–Crippen LogP) is 3.97. The van der Waals surface area contributed by atoms with Crippen LogP contribution in [-0.4, -0.2) is 30.7 Å². The van der Waals surface area contributed by atoms with Gasteiger partial charge in [-0.1, -0.05) is 35.6 Å². The summed E-state index contributed by atoms with van der Waals surface area (Å²) in [6, 6.07) is 17.1. The van der Waals surface area contributed by atoms with E-state index in [4.69, 9.17) is 4.74 Å². The largest absolute Gasteiger partial charge is 0.431 e. The van der Waals surface area contributed by atoms with Gasteiger partial charge in [0.1, 0.15) is 5.75 Å². The zero-order valence-corrected chi connectivity index (χ0v) is 15.0. The lowest BCUT2D eigenvalue weighted by atomic mass is 10.1. The molecule has 1 aliphatic heterocycles. The van der Waals surface area contributed by atoms with Crippen LogP contribution in [0.3, 0.4) is 0 Å². The van der Waals surface area contributed by atoms with E-state index in [1.807, 2.05) is 30.3 Å². The Bertz CT molecular complexity index is 776. The first-order valence-electron chi connectivity index (χ1n) is 8.93. The Morgan fingerprint density at radius 2 is 1.88 bits per heavy atom. The number of hydrogen-bond donors (Lipinski definition) is 2. The first kappa shape index (κ1) is 16.5. The second-order valence-corrected chi connectivity index (χ2v) is 7.42. The van der Waals surface area contributed by atoms with E-state index < -0.39 is 0 Å². The van der Waals surface area contributed by atoms with Gasteiger partial charge in [-0.2, -0.15) is 0 Å². The fraction of sp³-hybridized carbons (Fsp3) is 0.350. The third-order valence-corrected chi connectivity index (χ3v) is 5.50. The third kappa shape index (κ3) is 4.37. The van der Waals surface area contributed by atoms with E-state index in [0.29, 0.717) is 11.2 Å². The van der Waals surface area contributed by atoms with Crippen molar-refractivity contribution in [3.8, 4) is 10.9 Å². The van der Waals surface area contributed by atoms with Crippen LogP contribution >= 0.6 is 11.3 Å². The Morgan fingerprint density at radius 3 is 2.68 bits per heavy atom. The molecule has 3 aromatic rings. The molecule has 0 atom stereocenters. The van der Waals surface area contributed by atoms with Crippen LogP contribution in [0.2, 0.25) is 0 Å². The van der Waals surface area contributed by atoms with Crippen LogP contribution in [0.15, 0.2) is 48.5 Å². The molecule has 0 bridgehead atoms. The molecule has 0 amide bonds. The van der Waals surface area contributed by atoms with Crippen LogP contribution < -0.4 is 15.4 Å². The van der Waals surface area contributed by atoms with Crippen LogP contribution in [-0.2, 0) is 6.42 Å². The lowest BCUT2D eigenvalue weighted by Crippen LogP contribution is -2.40. The first-order chi connectivity index (χ1) is 12.4. The maximum Gasteiger partial charge on any atom is 0.279 e. The summed E-state index contributed by atoms with van der Waals surface area (Å²) in [5.41, 5.74) is 2.32. The number of para-hydroxylation sites is 1. The summed E-state index contributed by atoms with van der Waals surface area (Å²) < 4.78 is 7.05. The van der Waals surface area contributed by atoms with Crippen molar-refractivity contribution >= 4 is 21.6 Å². The molecule has 0 saturated carbocycles. The predicted molar refractivity (Wildman–Crippen MR) is 104 cm³/mol. The number of nitrogens with zero attached hydrogens (tertiary/aromatic N) is 1. The Labute approximate surface area is 152 Å². The maximum absolute atomic E-state index is 5.90. The molecule has 2 N–H and O–H groups in total. The summed E-state index contributed by atoms with van der Waals surface area (Å²) in [4.78, 5) is 4.51. The first-order valence-corrected chi connectivity index (χ1v) is 9.75. The van der Waals surface area contributed by atoms with Gasteiger partial charge in [-0.15, -0.1) is 0 Å². The highest BCUT2D eigenvalue weighted by atomic mass is 32.1. The molecular weight excluding hydrogens is 330 g/mol. The Balaban J connectivity index is 1.30. The van der Waals surface area contributed by atoms with E-state index >= 15 is 0 Å². The Hall–Kier alpha value is -1.95. The summed E-state index contributed by atoms with van der Waals surface area (Å²) >= 11 is 1.58. The molecule has 2 heterocycles. The molecular formula is C20H23N3OS. The van der Waals surface area contributed by atoms with Gasteiger partial charge >= 0.3 is 0 Å². The number of nitrogens with one attached hydrogen (secondary N) is 2. The van der Waals surface area contributed by atoms with Crippen molar-refractivity contribution in [2.24, 2.45) is 0 Å². The minimum absolute atomic E-state index is 0.669. The highest BCUT2D eigenvalue weighted by Gasteiger charge is 2.11. The van der Waals surface area contributed by atoms with E-state index in [0.717, 1.165) is 42.0 Å². The van der Waals surface area contributed by atoms with Gasteiger partial charge in [-0.25, -0.2) is 4.98 Å². The second kappa shape index (κ2) is 7.95. The van der Waals surface area contributed by atoms with Gasteiger partial charge in [0.05, 0.1) is 10.2 Å². The number of thiazole rings is 1. The Kier molecular flexibility index (Phi) is 5.25. The molecule has 130 valence electrons. The van der Waals surface area contributed by atoms with Crippen molar-refractivity contribution in [2.75, 3.05) is 19.6 Å². The summed E-state index contributed by atoms with van der Waals surface area (Å²) in [5.74, 6) is 0.842. The number of fused-ring (bicyclic) bond motifs is 1. The van der Waals surface area contributed by atoms with Crippen molar-refractivity contribution in [1.82, 2.24) is 15.6 Å². The van der Waals surface area contributed by atoms with Crippen molar-refractivity contribution < 1.29 is 4.74 Å². The zero-order chi connectivity index (χ0) is 16.9. The molecule has 1 saturated heterocycles. The Morgan fingerprint density at radius 1 is 1.08 bits per heavy atom. The maximum atomic E-state index is 5.90. The van der Waals surface area contributed by atoms with Crippen molar-refractivity contribution in [3.63, 3.8) is 0 Å². The molecule has 0 aliphatic carbocycles. The monoisotopic (exact) mass is 353 g/mol. The van der Waals surface area contributed by atoms with Gasteiger partial charge < -0.3 is 15.4 Å². The molecule has 0 radical (unpaired) electrons. The minimum atomic E-state index is 0.669. The molecule has 25 heavy (non-hydrogen) atoms. The highest BCUT2D eigenvalue weighted by molar-refractivity contribution is 7.20. The molecule has 0 spiro atoms. The standard InChI is InChI=1S/C20H23N3OS/c1-2-4-19-18(3-1)23-20(25-19)24-17-7-5-15(6-8-17)9-14-22-16-10-12-21-13-11-16/h1-8,16,21-22H,9-14H2.